The van der Waals surface area contributed by atoms with Crippen LogP contribution in [0.25, 0.3) is 0 Å². The second kappa shape index (κ2) is 14.0. The van der Waals surface area contributed by atoms with E-state index >= 15 is 0 Å². The van der Waals surface area contributed by atoms with E-state index in [0.717, 1.165) is 29.5 Å². The maximum atomic E-state index is 5.95. The lowest BCUT2D eigenvalue weighted by molar-refractivity contribution is 0.0698. The highest BCUT2D eigenvalue weighted by atomic mass is 127. The maximum absolute atomic E-state index is 5.95. The zero-order chi connectivity index (χ0) is 15.3. The van der Waals surface area contributed by atoms with Gasteiger partial charge in [0, 0.05) is 38.9 Å². The minimum atomic E-state index is 0. The summed E-state index contributed by atoms with van der Waals surface area (Å²) in [6.45, 7) is 3.48. The first-order valence-corrected chi connectivity index (χ1v) is 7.39. The van der Waals surface area contributed by atoms with E-state index in [9.17, 15) is 0 Å². The van der Waals surface area contributed by atoms with Crippen LogP contribution in [0, 0.1) is 0 Å². The van der Waals surface area contributed by atoms with Crippen LogP contribution in [-0.4, -0.2) is 46.5 Å². The van der Waals surface area contributed by atoms with E-state index < -0.39 is 0 Å². The maximum Gasteiger partial charge on any atom is 0.191 e. The van der Waals surface area contributed by atoms with Crippen molar-refractivity contribution in [2.75, 3.05) is 40.5 Å². The average molecular weight is 442 g/mol. The monoisotopic (exact) mass is 441 g/mol. The van der Waals surface area contributed by atoms with Crippen LogP contribution in [0.4, 0.5) is 0 Å². The molecule has 0 heterocycles. The number of nitrogens with one attached hydrogen (secondary N) is 2. The molecule has 5 nitrogen and oxygen atoms in total. The summed E-state index contributed by atoms with van der Waals surface area (Å²) in [5.74, 6) is 0.770. The molecule has 0 aliphatic carbocycles. The lowest BCUT2D eigenvalue weighted by Crippen LogP contribution is -2.37. The SMILES string of the molecule is CN=C(NCCCOCCOC)NCc1cccc(Cl)c1.I. The first-order chi connectivity index (χ1) is 10.3. The van der Waals surface area contributed by atoms with Crippen LogP contribution < -0.4 is 10.6 Å². The van der Waals surface area contributed by atoms with E-state index in [2.05, 4.69) is 15.6 Å². The Bertz CT molecular complexity index is 433. The zero-order valence-electron chi connectivity index (χ0n) is 13.1. The van der Waals surface area contributed by atoms with Gasteiger partial charge in [0.15, 0.2) is 5.96 Å². The van der Waals surface area contributed by atoms with Gasteiger partial charge in [-0.25, -0.2) is 0 Å². The van der Waals surface area contributed by atoms with E-state index in [0.29, 0.717) is 26.4 Å². The van der Waals surface area contributed by atoms with Crippen molar-refractivity contribution in [3.8, 4) is 0 Å². The lowest BCUT2D eigenvalue weighted by atomic mass is 10.2. The minimum absolute atomic E-state index is 0. The van der Waals surface area contributed by atoms with Gasteiger partial charge in [-0.3, -0.25) is 4.99 Å². The quantitative estimate of drug-likeness (QED) is 0.268. The Kier molecular flexibility index (Phi) is 13.7. The summed E-state index contributed by atoms with van der Waals surface area (Å²) in [6.07, 6.45) is 0.918. The van der Waals surface area contributed by atoms with E-state index in [1.807, 2.05) is 24.3 Å². The molecule has 126 valence electrons. The number of benzene rings is 1. The third-order valence-corrected chi connectivity index (χ3v) is 3.00. The fourth-order valence-corrected chi connectivity index (χ4v) is 1.89. The van der Waals surface area contributed by atoms with Gasteiger partial charge < -0.3 is 20.1 Å². The van der Waals surface area contributed by atoms with Gasteiger partial charge in [0.1, 0.15) is 0 Å². The Morgan fingerprint density at radius 1 is 1.23 bits per heavy atom. The topological polar surface area (TPSA) is 54.9 Å². The van der Waals surface area contributed by atoms with Crippen LogP contribution in [-0.2, 0) is 16.0 Å². The second-order valence-corrected chi connectivity index (χ2v) is 4.88. The number of ether oxygens (including phenoxy) is 2. The Balaban J connectivity index is 0.00000441. The molecule has 0 radical (unpaired) electrons. The highest BCUT2D eigenvalue weighted by molar-refractivity contribution is 14.0. The predicted molar refractivity (Wildman–Crippen MR) is 102 cm³/mol. The Morgan fingerprint density at radius 2 is 2.05 bits per heavy atom. The number of nitrogens with zero attached hydrogens (tertiary/aromatic N) is 1. The molecule has 0 aliphatic rings. The molecule has 1 rings (SSSR count). The first kappa shape index (κ1) is 21.4. The Morgan fingerprint density at radius 3 is 2.73 bits per heavy atom. The fraction of sp³-hybridized carbons (Fsp3) is 0.533. The van der Waals surface area contributed by atoms with Crippen LogP contribution >= 0.6 is 35.6 Å². The molecule has 0 bridgehead atoms. The molecule has 0 saturated heterocycles. The van der Waals surface area contributed by atoms with E-state index in [4.69, 9.17) is 21.1 Å². The Labute approximate surface area is 154 Å². The van der Waals surface area contributed by atoms with E-state index in [1.165, 1.54) is 0 Å². The molecule has 1 aromatic rings. The van der Waals surface area contributed by atoms with Gasteiger partial charge in [0.2, 0.25) is 0 Å². The summed E-state index contributed by atoms with van der Waals surface area (Å²) >= 11 is 5.95. The molecule has 0 aliphatic heterocycles. The Hall–Kier alpha value is -0.570. The van der Waals surface area contributed by atoms with Crippen molar-refractivity contribution in [3.05, 3.63) is 34.9 Å². The number of guanidine groups is 1. The van der Waals surface area contributed by atoms with Crippen molar-refractivity contribution < 1.29 is 9.47 Å². The first-order valence-electron chi connectivity index (χ1n) is 7.02. The summed E-state index contributed by atoms with van der Waals surface area (Å²) in [7, 11) is 3.42. The van der Waals surface area contributed by atoms with Crippen molar-refractivity contribution in [1.82, 2.24) is 10.6 Å². The van der Waals surface area contributed by atoms with Gasteiger partial charge in [0.25, 0.3) is 0 Å². The summed E-state index contributed by atoms with van der Waals surface area (Å²) in [4.78, 5) is 4.17. The average Bonchev–Trinajstić information content (AvgIpc) is 2.49. The van der Waals surface area contributed by atoms with Crippen LogP contribution in [0.1, 0.15) is 12.0 Å². The highest BCUT2D eigenvalue weighted by Crippen LogP contribution is 2.10. The minimum Gasteiger partial charge on any atom is -0.382 e. The van der Waals surface area contributed by atoms with Crippen molar-refractivity contribution >= 4 is 41.5 Å². The third-order valence-electron chi connectivity index (χ3n) is 2.76. The highest BCUT2D eigenvalue weighted by Gasteiger charge is 1.98. The molecule has 0 aromatic heterocycles. The van der Waals surface area contributed by atoms with E-state index in [-0.39, 0.29) is 24.0 Å². The smallest absolute Gasteiger partial charge is 0.191 e. The van der Waals surface area contributed by atoms with Gasteiger partial charge in [-0.2, -0.15) is 0 Å². The van der Waals surface area contributed by atoms with Gasteiger partial charge in [-0.1, -0.05) is 23.7 Å². The molecular weight excluding hydrogens is 417 g/mol. The predicted octanol–water partition coefficient (Wildman–Crippen LogP) is 2.68. The third kappa shape index (κ3) is 10.2. The number of aliphatic imine (C=N–C) groups is 1. The number of rotatable bonds is 9. The van der Waals surface area contributed by atoms with Crippen LogP contribution in [0.2, 0.25) is 5.02 Å². The zero-order valence-corrected chi connectivity index (χ0v) is 16.2. The van der Waals surface area contributed by atoms with Crippen LogP contribution in [0.3, 0.4) is 0 Å². The molecule has 0 saturated carbocycles. The second-order valence-electron chi connectivity index (χ2n) is 4.44. The van der Waals surface area contributed by atoms with Crippen molar-refractivity contribution in [3.63, 3.8) is 0 Å². The molecule has 22 heavy (non-hydrogen) atoms. The number of methoxy groups -OCH3 is 1. The van der Waals surface area contributed by atoms with Gasteiger partial charge in [0.05, 0.1) is 13.2 Å². The number of hydrogen-bond donors (Lipinski definition) is 2. The molecule has 0 atom stereocenters. The molecule has 0 fully saturated rings. The lowest BCUT2D eigenvalue weighted by Gasteiger charge is -2.12. The van der Waals surface area contributed by atoms with Gasteiger partial charge in [-0.05, 0) is 24.1 Å². The van der Waals surface area contributed by atoms with Crippen molar-refractivity contribution in [1.29, 1.82) is 0 Å². The summed E-state index contributed by atoms with van der Waals surface area (Å²) < 4.78 is 10.3. The normalized spacial score (nSPS) is 11.0. The largest absolute Gasteiger partial charge is 0.382 e. The standard InChI is InChI=1S/C15H24ClN3O2.HI/c1-17-15(18-7-4-8-21-10-9-20-2)19-12-13-5-3-6-14(16)11-13;/h3,5-6,11H,4,7-10,12H2,1-2H3,(H2,17,18,19);1H. The summed E-state index contributed by atoms with van der Waals surface area (Å²) in [5.41, 5.74) is 1.12. The van der Waals surface area contributed by atoms with Crippen LogP contribution in [0.15, 0.2) is 29.3 Å². The number of hydrogen-bond acceptors (Lipinski definition) is 3. The molecule has 2 N–H and O–H groups in total. The van der Waals surface area contributed by atoms with Crippen LogP contribution in [0.5, 0.6) is 0 Å². The molecule has 0 amide bonds. The summed E-state index contributed by atoms with van der Waals surface area (Å²) in [6, 6.07) is 7.76. The summed E-state index contributed by atoms with van der Waals surface area (Å²) in [5, 5.41) is 7.22. The van der Waals surface area contributed by atoms with Gasteiger partial charge in [-0.15, -0.1) is 24.0 Å². The van der Waals surface area contributed by atoms with Gasteiger partial charge >= 0.3 is 0 Å². The van der Waals surface area contributed by atoms with Crippen molar-refractivity contribution in [2.24, 2.45) is 4.99 Å². The molecule has 1 aromatic carbocycles. The molecule has 7 heteroatoms. The van der Waals surface area contributed by atoms with Crippen molar-refractivity contribution in [2.45, 2.75) is 13.0 Å². The molecule has 0 spiro atoms. The number of halogens is 2. The fourth-order valence-electron chi connectivity index (χ4n) is 1.68. The van der Waals surface area contributed by atoms with E-state index in [1.54, 1.807) is 14.2 Å². The molecule has 0 unspecified atom stereocenters. The molecular formula is C15H25ClIN3O2.